The molecule has 1 aliphatic carbocycles. The number of fused-ring (bicyclic) bond motifs is 1. The zero-order valence-electron chi connectivity index (χ0n) is 13.8. The number of allylic oxidation sites excluding steroid dienone is 2. The standard InChI is InChI=1S/C18H21NO5/c1-10-5-13(14(18(21)22)6-11(10)2)17(20)19-8-12-3-4-15-16(7-12)24-9-23-15/h3-4,7,13-14H,5-6,8-9H2,1-2H3,(H,19,20)(H,21,22). The maximum absolute atomic E-state index is 12.5. The molecule has 1 aromatic rings. The minimum Gasteiger partial charge on any atom is -0.481 e. The lowest BCUT2D eigenvalue weighted by Gasteiger charge is -2.29. The molecule has 6 heteroatoms. The lowest BCUT2D eigenvalue weighted by Crippen LogP contribution is -2.39. The van der Waals surface area contributed by atoms with E-state index in [9.17, 15) is 14.7 Å². The van der Waals surface area contributed by atoms with Crippen molar-refractivity contribution in [1.29, 1.82) is 0 Å². The summed E-state index contributed by atoms with van der Waals surface area (Å²) in [4.78, 5) is 24.0. The van der Waals surface area contributed by atoms with Gasteiger partial charge in [-0.15, -0.1) is 0 Å². The van der Waals surface area contributed by atoms with Crippen LogP contribution in [0.25, 0.3) is 0 Å². The van der Waals surface area contributed by atoms with Crippen LogP contribution in [-0.4, -0.2) is 23.8 Å². The SMILES string of the molecule is CC1=C(C)CC(C(=O)NCc2ccc3c(c2)OCO3)C(C(=O)O)C1. The number of ether oxygens (including phenoxy) is 2. The Hall–Kier alpha value is -2.50. The number of benzene rings is 1. The van der Waals surface area contributed by atoms with Crippen LogP contribution in [0.3, 0.4) is 0 Å². The number of carboxylic acid groups (broad SMARTS) is 1. The average molecular weight is 331 g/mol. The van der Waals surface area contributed by atoms with E-state index < -0.39 is 17.8 Å². The highest BCUT2D eigenvalue weighted by Gasteiger charge is 2.37. The molecule has 24 heavy (non-hydrogen) atoms. The number of hydrogen-bond donors (Lipinski definition) is 2. The number of carboxylic acids is 1. The van der Waals surface area contributed by atoms with Crippen molar-refractivity contribution in [3.63, 3.8) is 0 Å². The van der Waals surface area contributed by atoms with E-state index >= 15 is 0 Å². The summed E-state index contributed by atoms with van der Waals surface area (Å²) in [6.07, 6.45) is 0.930. The zero-order chi connectivity index (χ0) is 17.3. The van der Waals surface area contributed by atoms with Gasteiger partial charge >= 0.3 is 5.97 Å². The van der Waals surface area contributed by atoms with Crippen LogP contribution in [0, 0.1) is 11.8 Å². The largest absolute Gasteiger partial charge is 0.481 e. The van der Waals surface area contributed by atoms with Gasteiger partial charge in [-0.05, 0) is 44.4 Å². The molecule has 1 amide bonds. The Morgan fingerprint density at radius 1 is 1.12 bits per heavy atom. The summed E-state index contributed by atoms with van der Waals surface area (Å²) >= 11 is 0. The number of hydrogen-bond acceptors (Lipinski definition) is 4. The number of carbonyl (C=O) groups excluding carboxylic acids is 1. The number of rotatable bonds is 4. The van der Waals surface area contributed by atoms with Crippen molar-refractivity contribution in [3.05, 3.63) is 34.9 Å². The molecule has 1 aliphatic heterocycles. The Bertz CT molecular complexity index is 709. The molecule has 0 radical (unpaired) electrons. The van der Waals surface area contributed by atoms with Crippen LogP contribution in [0.5, 0.6) is 11.5 Å². The van der Waals surface area contributed by atoms with Gasteiger partial charge in [-0.3, -0.25) is 9.59 Å². The predicted molar refractivity (Wildman–Crippen MR) is 86.6 cm³/mol. The molecule has 1 aromatic carbocycles. The van der Waals surface area contributed by atoms with Gasteiger partial charge in [0.15, 0.2) is 11.5 Å². The van der Waals surface area contributed by atoms with Gasteiger partial charge in [0.05, 0.1) is 11.8 Å². The maximum atomic E-state index is 12.5. The van der Waals surface area contributed by atoms with Gasteiger partial charge in [-0.25, -0.2) is 0 Å². The Kier molecular flexibility index (Phi) is 4.46. The van der Waals surface area contributed by atoms with E-state index in [0.29, 0.717) is 30.9 Å². The molecule has 6 nitrogen and oxygen atoms in total. The lowest BCUT2D eigenvalue weighted by atomic mass is 9.76. The highest BCUT2D eigenvalue weighted by molar-refractivity contribution is 5.85. The fourth-order valence-corrected chi connectivity index (χ4v) is 3.20. The molecular weight excluding hydrogens is 310 g/mol. The van der Waals surface area contributed by atoms with E-state index in [1.54, 1.807) is 6.07 Å². The molecule has 0 spiro atoms. The Labute approximate surface area is 140 Å². The van der Waals surface area contributed by atoms with Crippen LogP contribution in [0.1, 0.15) is 32.3 Å². The molecule has 2 aliphatic rings. The van der Waals surface area contributed by atoms with Crippen LogP contribution >= 0.6 is 0 Å². The summed E-state index contributed by atoms with van der Waals surface area (Å²) in [7, 11) is 0. The summed E-state index contributed by atoms with van der Waals surface area (Å²) in [6.45, 7) is 4.44. The third-order valence-corrected chi connectivity index (χ3v) is 4.82. The van der Waals surface area contributed by atoms with Crippen LogP contribution in [-0.2, 0) is 16.1 Å². The van der Waals surface area contributed by atoms with E-state index in [-0.39, 0.29) is 12.7 Å². The van der Waals surface area contributed by atoms with Gasteiger partial charge in [0.1, 0.15) is 0 Å². The van der Waals surface area contributed by atoms with Crippen molar-refractivity contribution in [2.75, 3.05) is 6.79 Å². The topological polar surface area (TPSA) is 84.9 Å². The van der Waals surface area contributed by atoms with E-state index in [2.05, 4.69) is 5.32 Å². The van der Waals surface area contributed by atoms with Gasteiger partial charge in [-0.2, -0.15) is 0 Å². The highest BCUT2D eigenvalue weighted by Crippen LogP contribution is 2.35. The highest BCUT2D eigenvalue weighted by atomic mass is 16.7. The van der Waals surface area contributed by atoms with E-state index in [4.69, 9.17) is 9.47 Å². The van der Waals surface area contributed by atoms with E-state index in [1.807, 2.05) is 26.0 Å². The van der Waals surface area contributed by atoms with Crippen LogP contribution in [0.15, 0.2) is 29.3 Å². The summed E-state index contributed by atoms with van der Waals surface area (Å²) < 4.78 is 10.6. The first-order chi connectivity index (χ1) is 11.5. The summed E-state index contributed by atoms with van der Waals surface area (Å²) in [5.74, 6) is -0.959. The molecule has 2 atom stereocenters. The fourth-order valence-electron chi connectivity index (χ4n) is 3.20. The summed E-state index contributed by atoms with van der Waals surface area (Å²) in [5, 5.41) is 12.3. The maximum Gasteiger partial charge on any atom is 0.307 e. The molecule has 128 valence electrons. The Morgan fingerprint density at radius 3 is 2.50 bits per heavy atom. The zero-order valence-corrected chi connectivity index (χ0v) is 13.8. The molecule has 0 bridgehead atoms. The molecule has 2 unspecified atom stereocenters. The predicted octanol–water partition coefficient (Wildman–Crippen LogP) is 2.48. The second kappa shape index (κ2) is 6.55. The van der Waals surface area contributed by atoms with Crippen LogP contribution in [0.2, 0.25) is 0 Å². The van der Waals surface area contributed by atoms with Crippen molar-refractivity contribution in [3.8, 4) is 11.5 Å². The molecule has 2 N–H and O–H groups in total. The van der Waals surface area contributed by atoms with Gasteiger partial charge in [0.2, 0.25) is 12.7 Å². The van der Waals surface area contributed by atoms with Crippen molar-refractivity contribution < 1.29 is 24.2 Å². The van der Waals surface area contributed by atoms with Gasteiger partial charge in [0, 0.05) is 6.54 Å². The first kappa shape index (κ1) is 16.4. The van der Waals surface area contributed by atoms with Crippen LogP contribution < -0.4 is 14.8 Å². The molecule has 0 saturated carbocycles. The Balaban J connectivity index is 1.66. The smallest absolute Gasteiger partial charge is 0.307 e. The third kappa shape index (κ3) is 3.22. The normalized spacial score (nSPS) is 22.4. The molecule has 0 saturated heterocycles. The van der Waals surface area contributed by atoms with Crippen molar-refractivity contribution >= 4 is 11.9 Å². The molecular formula is C18H21NO5. The van der Waals surface area contributed by atoms with Gasteiger partial charge in [0.25, 0.3) is 0 Å². The van der Waals surface area contributed by atoms with E-state index in [0.717, 1.165) is 16.7 Å². The van der Waals surface area contributed by atoms with Crippen LogP contribution in [0.4, 0.5) is 0 Å². The summed E-state index contributed by atoms with van der Waals surface area (Å²) in [6, 6.07) is 5.49. The first-order valence-electron chi connectivity index (χ1n) is 8.00. The van der Waals surface area contributed by atoms with Gasteiger partial charge in [-0.1, -0.05) is 17.2 Å². The average Bonchev–Trinajstić information content (AvgIpc) is 3.02. The monoisotopic (exact) mass is 331 g/mol. The number of amides is 1. The molecule has 0 fully saturated rings. The summed E-state index contributed by atoms with van der Waals surface area (Å²) in [5.41, 5.74) is 3.07. The van der Waals surface area contributed by atoms with Gasteiger partial charge < -0.3 is 19.9 Å². The number of nitrogens with one attached hydrogen (secondary N) is 1. The molecule has 1 heterocycles. The Morgan fingerprint density at radius 2 is 1.79 bits per heavy atom. The van der Waals surface area contributed by atoms with Crippen molar-refractivity contribution in [2.24, 2.45) is 11.8 Å². The minimum atomic E-state index is -0.912. The second-order valence-corrected chi connectivity index (χ2v) is 6.43. The quantitative estimate of drug-likeness (QED) is 0.828. The first-order valence-corrected chi connectivity index (χ1v) is 8.00. The number of carbonyl (C=O) groups is 2. The fraction of sp³-hybridized carbons (Fsp3) is 0.444. The molecule has 0 aromatic heterocycles. The van der Waals surface area contributed by atoms with E-state index in [1.165, 1.54) is 0 Å². The third-order valence-electron chi connectivity index (χ3n) is 4.82. The second-order valence-electron chi connectivity index (χ2n) is 6.43. The number of aliphatic carboxylic acids is 1. The van der Waals surface area contributed by atoms with Crippen molar-refractivity contribution in [1.82, 2.24) is 5.32 Å². The van der Waals surface area contributed by atoms with Crippen molar-refractivity contribution in [2.45, 2.75) is 33.2 Å². The minimum absolute atomic E-state index is 0.207. The molecule has 3 rings (SSSR count). The lowest BCUT2D eigenvalue weighted by molar-refractivity contribution is -0.147.